The molecule has 0 spiro atoms. The highest BCUT2D eigenvalue weighted by Crippen LogP contribution is 2.19. The van der Waals surface area contributed by atoms with E-state index in [1.807, 2.05) is 6.92 Å². The van der Waals surface area contributed by atoms with Crippen molar-refractivity contribution in [2.45, 2.75) is 31.4 Å². The van der Waals surface area contributed by atoms with E-state index in [9.17, 15) is 0 Å². The lowest BCUT2D eigenvalue weighted by molar-refractivity contribution is -0.0344. The predicted molar refractivity (Wildman–Crippen MR) is 38.7 cm³/mol. The van der Waals surface area contributed by atoms with E-state index < -0.39 is 5.54 Å². The molecular weight excluding hydrogens is 130 g/mol. The molecule has 0 amide bonds. The second-order valence-electron chi connectivity index (χ2n) is 3.18. The quantitative estimate of drug-likeness (QED) is 0.540. The van der Waals surface area contributed by atoms with Crippen LogP contribution in [0.4, 0.5) is 0 Å². The molecule has 1 aliphatic heterocycles. The largest absolute Gasteiger partial charge is 0.394 e. The highest BCUT2D eigenvalue weighted by Gasteiger charge is 2.29. The molecule has 1 heterocycles. The van der Waals surface area contributed by atoms with Crippen LogP contribution in [0.1, 0.15) is 19.8 Å². The lowest BCUT2D eigenvalue weighted by atomic mass is 9.92. The fourth-order valence-corrected chi connectivity index (χ4v) is 1.08. The summed E-state index contributed by atoms with van der Waals surface area (Å²) in [6.45, 7) is 2.54. The van der Waals surface area contributed by atoms with Crippen LogP contribution in [0.15, 0.2) is 0 Å². The molecule has 0 saturated carbocycles. The molecule has 1 aliphatic rings. The van der Waals surface area contributed by atoms with E-state index in [2.05, 4.69) is 0 Å². The van der Waals surface area contributed by atoms with Gasteiger partial charge >= 0.3 is 0 Å². The Morgan fingerprint density at radius 3 is 2.90 bits per heavy atom. The monoisotopic (exact) mass is 145 g/mol. The van der Waals surface area contributed by atoms with E-state index >= 15 is 0 Å². The Balaban J connectivity index is 2.38. The molecular formula is C7H15NO2. The van der Waals surface area contributed by atoms with E-state index in [4.69, 9.17) is 15.6 Å². The Bertz CT molecular complexity index is 108. The van der Waals surface area contributed by atoms with E-state index in [1.54, 1.807) is 0 Å². The minimum atomic E-state index is -0.466. The summed E-state index contributed by atoms with van der Waals surface area (Å²) in [5, 5.41) is 8.83. The van der Waals surface area contributed by atoms with Crippen LogP contribution in [0.3, 0.4) is 0 Å². The van der Waals surface area contributed by atoms with Gasteiger partial charge in [0.1, 0.15) is 0 Å². The van der Waals surface area contributed by atoms with Crippen LogP contribution in [0.5, 0.6) is 0 Å². The van der Waals surface area contributed by atoms with Crippen molar-refractivity contribution in [3.8, 4) is 0 Å². The predicted octanol–water partition coefficient (Wildman–Crippen LogP) is -0.125. The summed E-state index contributed by atoms with van der Waals surface area (Å²) >= 11 is 0. The summed E-state index contributed by atoms with van der Waals surface area (Å²) in [4.78, 5) is 0. The molecule has 60 valence electrons. The fourth-order valence-electron chi connectivity index (χ4n) is 1.08. The highest BCUT2D eigenvalue weighted by atomic mass is 16.5. The van der Waals surface area contributed by atoms with Gasteiger partial charge in [0.15, 0.2) is 0 Å². The number of nitrogens with two attached hydrogens (primary N) is 1. The average molecular weight is 145 g/mol. The van der Waals surface area contributed by atoms with Crippen LogP contribution in [-0.2, 0) is 4.74 Å². The van der Waals surface area contributed by atoms with Crippen molar-refractivity contribution in [3.63, 3.8) is 0 Å². The van der Waals surface area contributed by atoms with Crippen molar-refractivity contribution in [1.29, 1.82) is 0 Å². The zero-order valence-electron chi connectivity index (χ0n) is 6.34. The third-order valence-corrected chi connectivity index (χ3v) is 2.02. The maximum atomic E-state index is 8.83. The second-order valence-corrected chi connectivity index (χ2v) is 3.18. The number of rotatable bonds is 1. The molecule has 2 atom stereocenters. The van der Waals surface area contributed by atoms with Gasteiger partial charge in [-0.3, -0.25) is 0 Å². The molecule has 0 bridgehead atoms. The lowest BCUT2D eigenvalue weighted by Crippen LogP contribution is -2.51. The number of hydrogen-bond acceptors (Lipinski definition) is 3. The van der Waals surface area contributed by atoms with Crippen molar-refractivity contribution in [2.24, 2.45) is 5.73 Å². The van der Waals surface area contributed by atoms with Crippen LogP contribution < -0.4 is 5.73 Å². The van der Waals surface area contributed by atoms with Gasteiger partial charge < -0.3 is 15.6 Å². The number of hydrogen-bond donors (Lipinski definition) is 2. The molecule has 3 nitrogen and oxygen atoms in total. The molecule has 0 aromatic rings. The van der Waals surface area contributed by atoms with Gasteiger partial charge in [-0.25, -0.2) is 0 Å². The van der Waals surface area contributed by atoms with Gasteiger partial charge in [0.2, 0.25) is 0 Å². The molecule has 0 aromatic carbocycles. The van der Waals surface area contributed by atoms with Gasteiger partial charge in [-0.2, -0.15) is 0 Å². The molecule has 10 heavy (non-hydrogen) atoms. The zero-order valence-corrected chi connectivity index (χ0v) is 6.34. The molecule has 0 radical (unpaired) electrons. The molecule has 1 fully saturated rings. The third-order valence-electron chi connectivity index (χ3n) is 2.02. The summed E-state index contributed by atoms with van der Waals surface area (Å²) in [6.07, 6.45) is 2.13. The van der Waals surface area contributed by atoms with Crippen LogP contribution in [0.25, 0.3) is 0 Å². The average Bonchev–Trinajstić information content (AvgIpc) is 1.96. The molecule has 1 unspecified atom stereocenters. The maximum Gasteiger partial charge on any atom is 0.0672 e. The Labute approximate surface area is 61.2 Å². The molecule has 0 aromatic heterocycles. The summed E-state index contributed by atoms with van der Waals surface area (Å²) in [5.41, 5.74) is 5.28. The van der Waals surface area contributed by atoms with Gasteiger partial charge in [-0.1, -0.05) is 0 Å². The van der Waals surface area contributed by atoms with Crippen LogP contribution in [-0.4, -0.2) is 30.0 Å². The molecule has 1 rings (SSSR count). The van der Waals surface area contributed by atoms with Crippen molar-refractivity contribution in [2.75, 3.05) is 13.2 Å². The smallest absolute Gasteiger partial charge is 0.0672 e. The Morgan fingerprint density at radius 2 is 2.50 bits per heavy atom. The number of ether oxygens (including phenoxy) is 1. The van der Waals surface area contributed by atoms with Crippen LogP contribution in [0.2, 0.25) is 0 Å². The summed E-state index contributed by atoms with van der Waals surface area (Å²) < 4.78 is 5.30. The summed E-state index contributed by atoms with van der Waals surface area (Å²) in [5.74, 6) is 0. The van der Waals surface area contributed by atoms with E-state index in [-0.39, 0.29) is 6.61 Å². The molecule has 3 N–H and O–H groups in total. The van der Waals surface area contributed by atoms with Gasteiger partial charge in [-0.15, -0.1) is 0 Å². The van der Waals surface area contributed by atoms with E-state index in [1.165, 1.54) is 0 Å². The van der Waals surface area contributed by atoms with Gasteiger partial charge in [0, 0.05) is 0 Å². The van der Waals surface area contributed by atoms with Crippen molar-refractivity contribution in [3.05, 3.63) is 0 Å². The minimum absolute atomic E-state index is 0.0275. The molecule has 0 aliphatic carbocycles. The Kier molecular flexibility index (Phi) is 2.28. The maximum absolute atomic E-state index is 8.83. The van der Waals surface area contributed by atoms with Gasteiger partial charge in [0.25, 0.3) is 0 Å². The molecule has 1 saturated heterocycles. The first-order valence-corrected chi connectivity index (χ1v) is 3.68. The van der Waals surface area contributed by atoms with Crippen molar-refractivity contribution < 1.29 is 9.84 Å². The van der Waals surface area contributed by atoms with E-state index in [0.717, 1.165) is 12.8 Å². The van der Waals surface area contributed by atoms with Gasteiger partial charge in [0.05, 0.1) is 24.9 Å². The fraction of sp³-hybridized carbons (Fsp3) is 1.00. The zero-order chi connectivity index (χ0) is 7.61. The highest BCUT2D eigenvalue weighted by molar-refractivity contribution is 4.87. The Hall–Kier alpha value is -0.120. The first kappa shape index (κ1) is 7.98. The van der Waals surface area contributed by atoms with Crippen molar-refractivity contribution >= 4 is 0 Å². The normalized spacial score (nSPS) is 41.7. The van der Waals surface area contributed by atoms with Crippen LogP contribution in [0, 0.1) is 0 Å². The topological polar surface area (TPSA) is 55.5 Å². The first-order valence-electron chi connectivity index (χ1n) is 3.68. The first-order chi connectivity index (χ1) is 4.66. The lowest BCUT2D eigenvalue weighted by Gasteiger charge is -2.34. The van der Waals surface area contributed by atoms with Crippen molar-refractivity contribution in [1.82, 2.24) is 0 Å². The third kappa shape index (κ3) is 1.68. The van der Waals surface area contributed by atoms with Gasteiger partial charge in [-0.05, 0) is 19.8 Å². The Morgan fingerprint density at radius 1 is 1.80 bits per heavy atom. The summed E-state index contributed by atoms with van der Waals surface area (Å²) in [6, 6.07) is 0. The number of aliphatic hydroxyl groups excluding tert-OH is 1. The van der Waals surface area contributed by atoms with E-state index in [0.29, 0.717) is 12.7 Å². The number of aliphatic hydroxyl groups is 1. The molecule has 3 heteroatoms. The second kappa shape index (κ2) is 2.86. The summed E-state index contributed by atoms with van der Waals surface area (Å²) in [7, 11) is 0. The van der Waals surface area contributed by atoms with Crippen LogP contribution >= 0.6 is 0 Å². The minimum Gasteiger partial charge on any atom is -0.394 e. The standard InChI is InChI=1S/C7H15NO2/c1-6-2-3-7(8,4-9)5-10-6/h6,9H,2-5,8H2,1H3/t6-,7?/m1/s1. The SMILES string of the molecule is C[C@@H]1CCC(N)(CO)CO1.